The van der Waals surface area contributed by atoms with Gasteiger partial charge in [-0.1, -0.05) is 38.2 Å². The first-order chi connectivity index (χ1) is 21.1. The third kappa shape index (κ3) is 10.2. The van der Waals surface area contributed by atoms with Crippen LogP contribution in [0.15, 0.2) is 58.0 Å². The lowest BCUT2D eigenvalue weighted by molar-refractivity contribution is -0.120. The van der Waals surface area contributed by atoms with E-state index in [0.29, 0.717) is 25.1 Å². The number of carbonyl (C=O) groups excluding carboxylic acids is 4. The molecule has 12 heteroatoms. The van der Waals surface area contributed by atoms with Gasteiger partial charge in [0.25, 0.3) is 5.91 Å². The minimum absolute atomic E-state index is 0.0681. The van der Waals surface area contributed by atoms with Crippen molar-refractivity contribution >= 4 is 23.6 Å². The summed E-state index contributed by atoms with van der Waals surface area (Å²) in [5, 5.41) is 17.1. The van der Waals surface area contributed by atoms with E-state index < -0.39 is 48.1 Å². The molecule has 0 unspecified atom stereocenters. The second-order valence-corrected chi connectivity index (χ2v) is 12.1. The molecule has 0 aromatic carbocycles. The number of carbonyl (C=O) groups is 4. The number of primary amides is 1. The molecule has 0 fully saturated rings. The van der Waals surface area contributed by atoms with E-state index in [4.69, 9.17) is 19.9 Å². The van der Waals surface area contributed by atoms with Gasteiger partial charge in [-0.2, -0.15) is 0 Å². The van der Waals surface area contributed by atoms with Crippen molar-refractivity contribution in [3.63, 3.8) is 0 Å². The molecule has 5 N–H and O–H groups in total. The Balaban J connectivity index is 2.66. The summed E-state index contributed by atoms with van der Waals surface area (Å²) in [5.74, 6) is -2.00. The molecule has 6 atom stereocenters. The Hall–Kier alpha value is -3.58. The molecule has 2 bridgehead atoms. The van der Waals surface area contributed by atoms with Gasteiger partial charge >= 0.3 is 6.09 Å². The second-order valence-electron chi connectivity index (χ2n) is 12.1. The molecule has 0 saturated heterocycles. The highest BCUT2D eigenvalue weighted by Crippen LogP contribution is 2.30. The SMILES string of the molecule is CO[C@H]1/C=C\C=C(\C)C(=O)NC2=C(C)C(=O)C(NCCN(C)C)=C(C[C@@H](C)C[C@H](OC)[C@H](O)[C@@H](C)/C=C(/C)[C@@H]1OC(N)=O)C2=O. The lowest BCUT2D eigenvalue weighted by atomic mass is 9.83. The van der Waals surface area contributed by atoms with E-state index >= 15 is 0 Å². The molecule has 0 saturated carbocycles. The van der Waals surface area contributed by atoms with Gasteiger partial charge < -0.3 is 40.6 Å². The van der Waals surface area contributed by atoms with Crippen LogP contribution < -0.4 is 16.4 Å². The number of hydrogen-bond acceptors (Lipinski definition) is 10. The molecule has 1 heterocycles. The predicted molar refractivity (Wildman–Crippen MR) is 171 cm³/mol. The quantitative estimate of drug-likeness (QED) is 0.242. The van der Waals surface area contributed by atoms with E-state index in [0.717, 1.165) is 0 Å². The fraction of sp³-hybridized carbons (Fsp3) is 0.576. The average Bonchev–Trinajstić information content (AvgIpc) is 2.98. The van der Waals surface area contributed by atoms with Crippen LogP contribution >= 0.6 is 0 Å². The van der Waals surface area contributed by atoms with Crippen LogP contribution in [0.5, 0.6) is 0 Å². The number of rotatable bonds is 7. The van der Waals surface area contributed by atoms with E-state index in [2.05, 4.69) is 10.6 Å². The number of amides is 2. The Labute approximate surface area is 266 Å². The molecular weight excluding hydrogens is 580 g/mol. The van der Waals surface area contributed by atoms with E-state index in [1.807, 2.05) is 32.8 Å². The lowest BCUT2D eigenvalue weighted by Crippen LogP contribution is -2.40. The van der Waals surface area contributed by atoms with Crippen molar-refractivity contribution in [1.29, 1.82) is 0 Å². The summed E-state index contributed by atoms with van der Waals surface area (Å²) in [4.78, 5) is 54.4. The number of ether oxygens (including phenoxy) is 3. The predicted octanol–water partition coefficient (Wildman–Crippen LogP) is 2.30. The van der Waals surface area contributed by atoms with Crippen molar-refractivity contribution in [2.75, 3.05) is 41.4 Å². The van der Waals surface area contributed by atoms with E-state index in [9.17, 15) is 24.3 Å². The Morgan fingerprint density at radius 2 is 1.78 bits per heavy atom. The zero-order chi connectivity index (χ0) is 34.0. The number of ketones is 2. The van der Waals surface area contributed by atoms with Gasteiger partial charge in [-0.05, 0) is 59.2 Å². The number of nitrogens with zero attached hydrogens (tertiary/aromatic N) is 1. The fourth-order valence-corrected chi connectivity index (χ4v) is 5.40. The van der Waals surface area contributed by atoms with Crippen molar-refractivity contribution in [3.05, 3.63) is 58.0 Å². The molecule has 1 aliphatic carbocycles. The van der Waals surface area contributed by atoms with Crippen LogP contribution in [-0.4, -0.2) is 99.4 Å². The second kappa shape index (κ2) is 17.2. The first-order valence-electron chi connectivity index (χ1n) is 15.1. The largest absolute Gasteiger partial charge is 0.439 e. The number of nitrogens with two attached hydrogens (primary N) is 1. The number of allylic oxidation sites excluding steroid dienone is 4. The highest BCUT2D eigenvalue weighted by Gasteiger charge is 2.35. The Morgan fingerprint density at radius 3 is 2.36 bits per heavy atom. The molecular formula is C33H50N4O8. The van der Waals surface area contributed by atoms with Gasteiger partial charge in [-0.15, -0.1) is 0 Å². The van der Waals surface area contributed by atoms with Crippen molar-refractivity contribution in [2.45, 2.75) is 71.9 Å². The maximum atomic E-state index is 13.9. The number of hydrogen-bond donors (Lipinski definition) is 4. The van der Waals surface area contributed by atoms with E-state index in [-0.39, 0.29) is 46.2 Å². The van der Waals surface area contributed by atoms with Crippen LogP contribution in [0.3, 0.4) is 0 Å². The fourth-order valence-electron chi connectivity index (χ4n) is 5.40. The van der Waals surface area contributed by atoms with Gasteiger partial charge in [-0.3, -0.25) is 14.4 Å². The first kappa shape index (κ1) is 37.6. The minimum Gasteiger partial charge on any atom is -0.439 e. The summed E-state index contributed by atoms with van der Waals surface area (Å²) < 4.78 is 16.7. The highest BCUT2D eigenvalue weighted by molar-refractivity contribution is 6.25. The van der Waals surface area contributed by atoms with Gasteiger partial charge in [0.1, 0.15) is 6.10 Å². The highest BCUT2D eigenvalue weighted by atomic mass is 16.6. The van der Waals surface area contributed by atoms with Crippen LogP contribution in [0.25, 0.3) is 0 Å². The van der Waals surface area contributed by atoms with Crippen molar-refractivity contribution < 1.29 is 38.5 Å². The number of fused-ring (bicyclic) bond motifs is 2. The number of aliphatic hydroxyl groups excluding tert-OH is 1. The van der Waals surface area contributed by atoms with E-state index in [1.54, 1.807) is 32.1 Å². The van der Waals surface area contributed by atoms with Gasteiger partial charge in [-0.25, -0.2) is 4.79 Å². The van der Waals surface area contributed by atoms with Crippen molar-refractivity contribution in [2.24, 2.45) is 17.6 Å². The average molecular weight is 631 g/mol. The number of aliphatic hydroxyl groups is 1. The van der Waals surface area contributed by atoms with Crippen LogP contribution in [0, 0.1) is 11.8 Å². The van der Waals surface area contributed by atoms with Crippen LogP contribution in [0.1, 0.15) is 47.5 Å². The van der Waals surface area contributed by atoms with E-state index in [1.165, 1.54) is 27.2 Å². The molecule has 0 spiro atoms. The first-order valence-corrected chi connectivity index (χ1v) is 15.1. The zero-order valence-electron chi connectivity index (χ0n) is 27.9. The van der Waals surface area contributed by atoms with Crippen LogP contribution in [0.2, 0.25) is 0 Å². The smallest absolute Gasteiger partial charge is 0.405 e. The Kier molecular flexibility index (Phi) is 14.4. The maximum absolute atomic E-state index is 13.9. The number of methoxy groups -OCH3 is 2. The normalized spacial score (nSPS) is 30.8. The molecule has 12 nitrogen and oxygen atoms in total. The third-order valence-corrected chi connectivity index (χ3v) is 8.05. The van der Waals surface area contributed by atoms with Gasteiger partial charge in [0.05, 0.1) is 23.6 Å². The third-order valence-electron chi connectivity index (χ3n) is 8.05. The molecule has 45 heavy (non-hydrogen) atoms. The number of Topliss-reactive ketones (excluding diaryl/α,β-unsaturated/α-hetero) is 2. The topological polar surface area (TPSA) is 170 Å². The van der Waals surface area contributed by atoms with Crippen molar-refractivity contribution in [1.82, 2.24) is 15.5 Å². The monoisotopic (exact) mass is 630 g/mol. The molecule has 250 valence electrons. The number of likely N-dealkylation sites (N-methyl/N-ethyl adjacent to an activating group) is 1. The van der Waals surface area contributed by atoms with Gasteiger partial charge in [0, 0.05) is 49.9 Å². The molecule has 0 aromatic heterocycles. The molecule has 1 aliphatic heterocycles. The summed E-state index contributed by atoms with van der Waals surface area (Å²) in [7, 11) is 6.76. The minimum atomic E-state index is -0.997. The molecule has 2 aliphatic rings. The van der Waals surface area contributed by atoms with Gasteiger partial charge in [0.15, 0.2) is 6.10 Å². The summed E-state index contributed by atoms with van der Waals surface area (Å²) >= 11 is 0. The summed E-state index contributed by atoms with van der Waals surface area (Å²) in [6.07, 6.45) is 2.75. The van der Waals surface area contributed by atoms with Gasteiger partial charge in [0.2, 0.25) is 11.6 Å². The molecule has 2 amide bonds. The number of nitrogens with one attached hydrogen (secondary N) is 2. The van der Waals surface area contributed by atoms with Crippen molar-refractivity contribution in [3.8, 4) is 0 Å². The summed E-state index contributed by atoms with van der Waals surface area (Å²) in [6.45, 7) is 9.63. The summed E-state index contributed by atoms with van der Waals surface area (Å²) in [6, 6.07) is 0. The Bertz CT molecular complexity index is 1280. The molecule has 0 radical (unpaired) electrons. The maximum Gasteiger partial charge on any atom is 0.405 e. The standard InChI is InChI=1S/C33H50N4O8/c1-18-15-23-27(35-13-14-37(6)7)29(39)22(5)26(30(23)40)36-32(41)19(2)11-10-12-24(43-8)31(45-33(34)42)21(4)17-20(3)28(38)25(16-18)44-9/h10-12,17-18,20,24-25,28,31,35,38H,13-16H2,1-9H3,(H2,34,42)(H,36,41)/b12-10-,19-11-,21-17-/t18-,20+,24+,25+,28-,31+/m1/s1. The lowest BCUT2D eigenvalue weighted by Gasteiger charge is -2.30. The summed E-state index contributed by atoms with van der Waals surface area (Å²) in [5.41, 5.74) is 6.78. The molecule has 2 rings (SSSR count). The Morgan fingerprint density at radius 1 is 1.11 bits per heavy atom. The van der Waals surface area contributed by atoms with Crippen LogP contribution in [0.4, 0.5) is 4.79 Å². The zero-order valence-corrected chi connectivity index (χ0v) is 27.9. The molecule has 0 aromatic rings. The van der Waals surface area contributed by atoms with Crippen LogP contribution in [-0.2, 0) is 28.6 Å².